The van der Waals surface area contributed by atoms with Gasteiger partial charge in [0.2, 0.25) is 0 Å². The number of carbonyl (C=O) groups excluding carboxylic acids is 1. The minimum atomic E-state index is -0.779. The van der Waals surface area contributed by atoms with E-state index in [0.29, 0.717) is 33.7 Å². The maximum atomic E-state index is 14.5. The summed E-state index contributed by atoms with van der Waals surface area (Å²) in [7, 11) is 0. The SMILES string of the molecule is CC.CC1(c2cc(NC(=O)c3cc4cc(F)ccc4[nH]3)ccc2F)CCSC(N)=N1. The molecule has 30 heavy (non-hydrogen) atoms. The zero-order chi connectivity index (χ0) is 21.9. The minimum Gasteiger partial charge on any atom is -0.379 e. The van der Waals surface area contributed by atoms with Crippen LogP contribution in [0.25, 0.3) is 10.9 Å². The highest BCUT2D eigenvalue weighted by molar-refractivity contribution is 8.13. The molecule has 1 aromatic heterocycles. The summed E-state index contributed by atoms with van der Waals surface area (Å²) in [5.41, 5.74) is 6.82. The van der Waals surface area contributed by atoms with Crippen molar-refractivity contribution in [2.45, 2.75) is 32.7 Å². The zero-order valence-corrected chi connectivity index (χ0v) is 17.9. The predicted molar refractivity (Wildman–Crippen MR) is 120 cm³/mol. The summed E-state index contributed by atoms with van der Waals surface area (Å²) in [5, 5.41) is 3.78. The number of thioether (sulfide) groups is 1. The van der Waals surface area contributed by atoms with Gasteiger partial charge in [-0.05, 0) is 55.8 Å². The smallest absolute Gasteiger partial charge is 0.272 e. The molecular formula is C22H24F2N4OS. The summed E-state index contributed by atoms with van der Waals surface area (Å²) in [4.78, 5) is 20.0. The molecule has 0 aliphatic carbocycles. The number of aromatic amines is 1. The second-order valence-corrected chi connectivity index (χ2v) is 8.00. The summed E-state index contributed by atoms with van der Waals surface area (Å²) in [6.45, 7) is 5.83. The fraction of sp³-hybridized carbons (Fsp3) is 0.273. The number of fused-ring (bicyclic) bond motifs is 1. The van der Waals surface area contributed by atoms with Gasteiger partial charge in [-0.25, -0.2) is 8.78 Å². The van der Waals surface area contributed by atoms with Crippen molar-refractivity contribution in [1.82, 2.24) is 4.98 Å². The zero-order valence-electron chi connectivity index (χ0n) is 17.1. The lowest BCUT2D eigenvalue weighted by Gasteiger charge is -2.30. The molecule has 2 heterocycles. The Labute approximate surface area is 178 Å². The number of aliphatic imine (C=N–C) groups is 1. The number of H-pyrrole nitrogens is 1. The molecule has 0 saturated heterocycles. The summed E-state index contributed by atoms with van der Waals surface area (Å²) in [6.07, 6.45) is 0.639. The minimum absolute atomic E-state index is 0.286. The van der Waals surface area contributed by atoms with E-state index in [1.165, 1.54) is 36.0 Å². The second-order valence-electron chi connectivity index (χ2n) is 6.89. The summed E-state index contributed by atoms with van der Waals surface area (Å²) < 4.78 is 27.8. The molecule has 1 amide bonds. The van der Waals surface area contributed by atoms with Crippen molar-refractivity contribution >= 4 is 39.4 Å². The van der Waals surface area contributed by atoms with Gasteiger partial charge >= 0.3 is 0 Å². The molecule has 1 aliphatic heterocycles. The van der Waals surface area contributed by atoms with Crippen molar-refractivity contribution in [2.75, 3.05) is 11.1 Å². The number of nitrogens with zero attached hydrogens (tertiary/aromatic N) is 1. The molecule has 5 nitrogen and oxygen atoms in total. The molecule has 8 heteroatoms. The third kappa shape index (κ3) is 4.48. The molecule has 158 valence electrons. The lowest BCUT2D eigenvalue weighted by Crippen LogP contribution is -2.29. The van der Waals surface area contributed by atoms with E-state index < -0.39 is 17.3 Å². The van der Waals surface area contributed by atoms with Gasteiger partial charge in [-0.3, -0.25) is 9.79 Å². The molecule has 4 N–H and O–H groups in total. The van der Waals surface area contributed by atoms with Crippen LogP contribution in [0.3, 0.4) is 0 Å². The van der Waals surface area contributed by atoms with Gasteiger partial charge in [-0.15, -0.1) is 0 Å². The first kappa shape index (κ1) is 21.8. The normalized spacial score (nSPS) is 18.4. The molecule has 1 unspecified atom stereocenters. The number of hydrogen-bond acceptors (Lipinski definition) is 4. The second kappa shape index (κ2) is 8.87. The van der Waals surface area contributed by atoms with E-state index in [1.807, 2.05) is 20.8 Å². The molecule has 0 spiro atoms. The number of aromatic nitrogens is 1. The fourth-order valence-electron chi connectivity index (χ4n) is 3.32. The number of benzene rings is 2. The summed E-state index contributed by atoms with van der Waals surface area (Å²) in [5.74, 6) is -0.431. The van der Waals surface area contributed by atoms with Crippen LogP contribution in [-0.2, 0) is 5.54 Å². The van der Waals surface area contributed by atoms with E-state index in [1.54, 1.807) is 18.2 Å². The van der Waals surface area contributed by atoms with Crippen molar-refractivity contribution < 1.29 is 13.6 Å². The Kier molecular flexibility index (Phi) is 6.45. The topological polar surface area (TPSA) is 83.3 Å². The number of amidine groups is 1. The van der Waals surface area contributed by atoms with Crippen LogP contribution in [0, 0.1) is 11.6 Å². The van der Waals surface area contributed by atoms with Crippen molar-refractivity contribution in [3.8, 4) is 0 Å². The predicted octanol–water partition coefficient (Wildman–Crippen LogP) is 5.39. The number of rotatable bonds is 3. The van der Waals surface area contributed by atoms with Crippen LogP contribution in [0.2, 0.25) is 0 Å². The van der Waals surface area contributed by atoms with Crippen LogP contribution in [0.1, 0.15) is 43.2 Å². The number of carbonyl (C=O) groups is 1. The van der Waals surface area contributed by atoms with Gasteiger partial charge in [-0.2, -0.15) is 0 Å². The Bertz CT molecular complexity index is 1110. The average molecular weight is 431 g/mol. The van der Waals surface area contributed by atoms with Crippen molar-refractivity contribution in [3.63, 3.8) is 0 Å². The van der Waals surface area contributed by atoms with E-state index in [9.17, 15) is 13.6 Å². The Balaban J connectivity index is 0.00000124. The van der Waals surface area contributed by atoms with E-state index in [0.717, 1.165) is 5.75 Å². The van der Waals surface area contributed by atoms with E-state index >= 15 is 0 Å². The number of nitrogens with one attached hydrogen (secondary N) is 2. The molecule has 1 aliphatic rings. The first-order valence-corrected chi connectivity index (χ1v) is 10.7. The van der Waals surface area contributed by atoms with Crippen LogP contribution in [-0.4, -0.2) is 21.8 Å². The lowest BCUT2D eigenvalue weighted by atomic mass is 9.89. The summed E-state index contributed by atoms with van der Waals surface area (Å²) in [6, 6.07) is 10.2. The van der Waals surface area contributed by atoms with E-state index in [2.05, 4.69) is 15.3 Å². The van der Waals surface area contributed by atoms with Crippen LogP contribution in [0.15, 0.2) is 47.5 Å². The van der Waals surface area contributed by atoms with Gasteiger partial charge in [0.05, 0.1) is 5.54 Å². The van der Waals surface area contributed by atoms with Crippen molar-refractivity contribution in [2.24, 2.45) is 10.7 Å². The molecule has 1 atom stereocenters. The Morgan fingerprint density at radius 3 is 2.70 bits per heavy atom. The van der Waals surface area contributed by atoms with Crippen molar-refractivity contribution in [1.29, 1.82) is 0 Å². The molecule has 0 saturated carbocycles. The molecule has 4 rings (SSSR count). The molecule has 3 aromatic rings. The molecule has 0 bridgehead atoms. The quantitative estimate of drug-likeness (QED) is 0.521. The van der Waals surface area contributed by atoms with Gasteiger partial charge in [0, 0.05) is 27.9 Å². The average Bonchev–Trinajstić information content (AvgIpc) is 3.14. The van der Waals surface area contributed by atoms with Gasteiger partial charge in [-0.1, -0.05) is 25.6 Å². The maximum absolute atomic E-state index is 14.5. The third-order valence-corrected chi connectivity index (χ3v) is 5.62. The maximum Gasteiger partial charge on any atom is 0.272 e. The van der Waals surface area contributed by atoms with Crippen LogP contribution >= 0.6 is 11.8 Å². The standard InChI is InChI=1S/C20H18F2N4OS.C2H6/c1-20(6-7-28-19(23)26-20)14-10-13(3-4-15(14)22)24-18(27)17-9-11-8-12(21)2-5-16(11)25-17;1-2/h2-5,8-10,25H,6-7H2,1H3,(H2,23,26)(H,24,27);1-2H3. The molecule has 0 radical (unpaired) electrons. The van der Waals surface area contributed by atoms with E-state index in [4.69, 9.17) is 5.73 Å². The number of nitrogens with two attached hydrogens (primary N) is 1. The number of hydrogen-bond donors (Lipinski definition) is 3. The largest absolute Gasteiger partial charge is 0.379 e. The highest BCUT2D eigenvalue weighted by atomic mass is 32.2. The monoisotopic (exact) mass is 430 g/mol. The number of anilines is 1. The number of amides is 1. The Morgan fingerprint density at radius 1 is 1.20 bits per heavy atom. The Morgan fingerprint density at radius 2 is 1.97 bits per heavy atom. The van der Waals surface area contributed by atoms with Crippen LogP contribution in [0.4, 0.5) is 14.5 Å². The molecule has 0 fully saturated rings. The van der Waals surface area contributed by atoms with Crippen LogP contribution < -0.4 is 11.1 Å². The first-order valence-electron chi connectivity index (χ1n) is 9.72. The van der Waals surface area contributed by atoms with Gasteiger partial charge in [0.1, 0.15) is 17.3 Å². The van der Waals surface area contributed by atoms with E-state index in [-0.39, 0.29) is 11.5 Å². The number of halogens is 2. The van der Waals surface area contributed by atoms with Gasteiger partial charge in [0.25, 0.3) is 5.91 Å². The summed E-state index contributed by atoms with van der Waals surface area (Å²) >= 11 is 1.44. The highest BCUT2D eigenvalue weighted by Gasteiger charge is 2.32. The molecular weight excluding hydrogens is 406 g/mol. The lowest BCUT2D eigenvalue weighted by molar-refractivity contribution is 0.102. The highest BCUT2D eigenvalue weighted by Crippen LogP contribution is 2.37. The Hall–Kier alpha value is -2.87. The first-order chi connectivity index (χ1) is 14.3. The van der Waals surface area contributed by atoms with Gasteiger partial charge in [0.15, 0.2) is 5.17 Å². The van der Waals surface area contributed by atoms with Crippen LogP contribution in [0.5, 0.6) is 0 Å². The van der Waals surface area contributed by atoms with Gasteiger partial charge < -0.3 is 16.0 Å². The fourth-order valence-corrected chi connectivity index (χ4v) is 4.30. The van der Waals surface area contributed by atoms with Crippen molar-refractivity contribution in [3.05, 3.63) is 65.4 Å². The third-order valence-electron chi connectivity index (χ3n) is 4.83. The molecule has 2 aromatic carbocycles.